The minimum Gasteiger partial charge on any atom is -0.493 e. The zero-order chi connectivity index (χ0) is 24.9. The standard InChI is InChI=1S/C25H29N3O6S/c1-15(2)34-25(30)21-16-8-5-6-11-20(16)35-24(21)26-23(29)17-12-13-28(27-17)14-33-22-18(31-3)9-7-10-19(22)32-4/h7,9-10,12-13,15H,5-6,8,11,14H2,1-4H3,(H,26,29). The zero-order valence-corrected chi connectivity index (χ0v) is 21.1. The first-order valence-electron chi connectivity index (χ1n) is 11.4. The number of hydrogen-bond donors (Lipinski definition) is 1. The van der Waals surface area contributed by atoms with Gasteiger partial charge in [0.2, 0.25) is 5.75 Å². The van der Waals surface area contributed by atoms with Crippen LogP contribution in [0, 0.1) is 0 Å². The van der Waals surface area contributed by atoms with Crippen molar-refractivity contribution < 1.29 is 28.5 Å². The van der Waals surface area contributed by atoms with E-state index in [0.29, 0.717) is 27.8 Å². The van der Waals surface area contributed by atoms with Gasteiger partial charge in [0, 0.05) is 11.1 Å². The van der Waals surface area contributed by atoms with E-state index in [9.17, 15) is 9.59 Å². The molecule has 0 atom stereocenters. The summed E-state index contributed by atoms with van der Waals surface area (Å²) in [6.07, 6.45) is 5.19. The highest BCUT2D eigenvalue weighted by molar-refractivity contribution is 7.17. The van der Waals surface area contributed by atoms with Crippen LogP contribution in [0.1, 0.15) is 58.0 Å². The Labute approximate surface area is 207 Å². The topological polar surface area (TPSA) is 101 Å². The molecule has 0 bridgehead atoms. The van der Waals surface area contributed by atoms with Gasteiger partial charge in [0.1, 0.15) is 5.00 Å². The predicted octanol–water partition coefficient (Wildman–Crippen LogP) is 4.69. The normalized spacial score (nSPS) is 12.7. The lowest BCUT2D eigenvalue weighted by Gasteiger charge is -2.14. The second-order valence-corrected chi connectivity index (χ2v) is 9.43. The number of carbonyl (C=O) groups is 2. The van der Waals surface area contributed by atoms with E-state index in [1.165, 1.54) is 16.0 Å². The maximum atomic E-state index is 13.0. The Balaban J connectivity index is 1.49. The monoisotopic (exact) mass is 499 g/mol. The van der Waals surface area contributed by atoms with E-state index >= 15 is 0 Å². The van der Waals surface area contributed by atoms with Gasteiger partial charge in [0.25, 0.3) is 5.91 Å². The minimum atomic E-state index is -0.407. The SMILES string of the molecule is COc1cccc(OC)c1OCn1ccc(C(=O)Nc2sc3c(c2C(=O)OC(C)C)CCCC3)n1. The van der Waals surface area contributed by atoms with Crippen molar-refractivity contribution in [1.82, 2.24) is 9.78 Å². The number of nitrogens with zero attached hydrogens (tertiary/aromatic N) is 2. The van der Waals surface area contributed by atoms with Crippen LogP contribution in [0.3, 0.4) is 0 Å². The number of hydrogen-bond acceptors (Lipinski definition) is 8. The Morgan fingerprint density at radius 3 is 2.51 bits per heavy atom. The molecule has 2 aromatic heterocycles. The van der Waals surface area contributed by atoms with Gasteiger partial charge in [-0.15, -0.1) is 11.3 Å². The Bertz CT molecular complexity index is 1190. The molecule has 2 heterocycles. The number of anilines is 1. The minimum absolute atomic E-state index is 0.0449. The molecular formula is C25H29N3O6S. The molecule has 1 N–H and O–H groups in total. The molecule has 186 valence electrons. The average Bonchev–Trinajstić information content (AvgIpc) is 3.46. The number of para-hydroxylation sites is 1. The van der Waals surface area contributed by atoms with Crippen molar-refractivity contribution in [3.05, 3.63) is 52.2 Å². The second kappa shape index (κ2) is 10.8. The summed E-state index contributed by atoms with van der Waals surface area (Å²) in [5, 5.41) is 7.72. The molecule has 35 heavy (non-hydrogen) atoms. The van der Waals surface area contributed by atoms with Crippen LogP contribution >= 0.6 is 11.3 Å². The van der Waals surface area contributed by atoms with Gasteiger partial charge in [-0.1, -0.05) is 6.07 Å². The van der Waals surface area contributed by atoms with E-state index in [2.05, 4.69) is 10.4 Å². The molecule has 1 aliphatic rings. The number of benzene rings is 1. The van der Waals surface area contributed by atoms with E-state index < -0.39 is 11.9 Å². The smallest absolute Gasteiger partial charge is 0.341 e. The van der Waals surface area contributed by atoms with Crippen molar-refractivity contribution in [2.45, 2.75) is 52.4 Å². The molecule has 4 rings (SSSR count). The summed E-state index contributed by atoms with van der Waals surface area (Å²) in [5.41, 5.74) is 1.67. The van der Waals surface area contributed by atoms with Gasteiger partial charge in [0.05, 0.1) is 25.9 Å². The molecule has 0 radical (unpaired) electrons. The van der Waals surface area contributed by atoms with Gasteiger partial charge >= 0.3 is 5.97 Å². The molecule has 9 nitrogen and oxygen atoms in total. The maximum Gasteiger partial charge on any atom is 0.341 e. The van der Waals surface area contributed by atoms with Crippen LogP contribution in [-0.4, -0.2) is 42.0 Å². The van der Waals surface area contributed by atoms with Crippen LogP contribution in [0.5, 0.6) is 17.2 Å². The van der Waals surface area contributed by atoms with Crippen LogP contribution in [0.4, 0.5) is 5.00 Å². The number of esters is 1. The molecule has 0 saturated carbocycles. The van der Waals surface area contributed by atoms with Crippen LogP contribution in [0.25, 0.3) is 0 Å². The molecule has 0 aliphatic heterocycles. The molecule has 0 fully saturated rings. The molecule has 1 aromatic carbocycles. The average molecular weight is 500 g/mol. The summed E-state index contributed by atoms with van der Waals surface area (Å²) >= 11 is 1.44. The third-order valence-electron chi connectivity index (χ3n) is 5.54. The molecule has 0 spiro atoms. The predicted molar refractivity (Wildman–Crippen MR) is 132 cm³/mol. The number of methoxy groups -OCH3 is 2. The number of rotatable bonds is 9. The van der Waals surface area contributed by atoms with Crippen molar-refractivity contribution in [1.29, 1.82) is 0 Å². The molecule has 0 saturated heterocycles. The molecule has 1 aliphatic carbocycles. The van der Waals surface area contributed by atoms with Gasteiger partial charge in [-0.2, -0.15) is 5.10 Å². The molecule has 0 unspecified atom stereocenters. The second-order valence-electron chi connectivity index (χ2n) is 8.33. The highest BCUT2D eigenvalue weighted by Crippen LogP contribution is 2.39. The molecule has 10 heteroatoms. The largest absolute Gasteiger partial charge is 0.493 e. The first-order chi connectivity index (χ1) is 16.9. The number of nitrogens with one attached hydrogen (secondary N) is 1. The fourth-order valence-electron chi connectivity index (χ4n) is 3.95. The van der Waals surface area contributed by atoms with Crippen LogP contribution in [-0.2, 0) is 24.3 Å². The van der Waals surface area contributed by atoms with E-state index in [0.717, 1.165) is 36.1 Å². The maximum absolute atomic E-state index is 13.0. The number of amides is 1. The third kappa shape index (κ3) is 5.43. The van der Waals surface area contributed by atoms with Gasteiger partial charge < -0.3 is 24.3 Å². The number of aryl methyl sites for hydroxylation is 1. The summed E-state index contributed by atoms with van der Waals surface area (Å²) < 4.78 is 23.5. The number of aromatic nitrogens is 2. The fraction of sp³-hybridized carbons (Fsp3) is 0.400. The third-order valence-corrected chi connectivity index (χ3v) is 6.75. The van der Waals surface area contributed by atoms with Gasteiger partial charge in [-0.3, -0.25) is 4.79 Å². The lowest BCUT2D eigenvalue weighted by molar-refractivity contribution is 0.0378. The Hall–Kier alpha value is -3.53. The van der Waals surface area contributed by atoms with E-state index in [1.807, 2.05) is 13.8 Å². The summed E-state index contributed by atoms with van der Waals surface area (Å²) in [6.45, 7) is 3.66. The van der Waals surface area contributed by atoms with Crippen molar-refractivity contribution in [2.75, 3.05) is 19.5 Å². The number of thiophene rings is 1. The first-order valence-corrected chi connectivity index (χ1v) is 12.3. The Kier molecular flexibility index (Phi) is 7.60. The van der Waals surface area contributed by atoms with Crippen molar-refractivity contribution in [2.24, 2.45) is 0 Å². The summed E-state index contributed by atoms with van der Waals surface area (Å²) in [7, 11) is 3.09. The first kappa shape index (κ1) is 24.6. The van der Waals surface area contributed by atoms with Gasteiger partial charge in [-0.25, -0.2) is 9.48 Å². The Morgan fingerprint density at radius 2 is 1.83 bits per heavy atom. The van der Waals surface area contributed by atoms with Crippen LogP contribution < -0.4 is 19.5 Å². The van der Waals surface area contributed by atoms with E-state index in [4.69, 9.17) is 18.9 Å². The van der Waals surface area contributed by atoms with Crippen molar-refractivity contribution in [3.8, 4) is 17.2 Å². The lowest BCUT2D eigenvalue weighted by Crippen LogP contribution is -2.18. The number of fused-ring (bicyclic) bond motifs is 1. The highest BCUT2D eigenvalue weighted by Gasteiger charge is 2.28. The number of ether oxygens (including phenoxy) is 4. The fourth-order valence-corrected chi connectivity index (χ4v) is 5.23. The summed E-state index contributed by atoms with van der Waals surface area (Å²) in [5.74, 6) is 0.681. The van der Waals surface area contributed by atoms with Crippen molar-refractivity contribution >= 4 is 28.2 Å². The Morgan fingerprint density at radius 1 is 1.11 bits per heavy atom. The highest BCUT2D eigenvalue weighted by atomic mass is 32.1. The molecule has 3 aromatic rings. The molecular weight excluding hydrogens is 470 g/mol. The van der Waals surface area contributed by atoms with E-state index in [1.54, 1.807) is 44.7 Å². The van der Waals surface area contributed by atoms with Crippen LogP contribution in [0.15, 0.2) is 30.5 Å². The van der Waals surface area contributed by atoms with Gasteiger partial charge in [0.15, 0.2) is 23.9 Å². The van der Waals surface area contributed by atoms with Crippen LogP contribution in [0.2, 0.25) is 0 Å². The molecule has 1 amide bonds. The lowest BCUT2D eigenvalue weighted by atomic mass is 9.95. The quantitative estimate of drug-likeness (QED) is 0.426. The van der Waals surface area contributed by atoms with Gasteiger partial charge in [-0.05, 0) is 63.3 Å². The summed E-state index contributed by atoms with van der Waals surface area (Å²) in [6, 6.07) is 6.93. The van der Waals surface area contributed by atoms with Crippen molar-refractivity contribution in [3.63, 3.8) is 0 Å². The number of carbonyl (C=O) groups excluding carboxylic acids is 2. The van der Waals surface area contributed by atoms with E-state index in [-0.39, 0.29) is 18.5 Å². The zero-order valence-electron chi connectivity index (χ0n) is 20.3. The summed E-state index contributed by atoms with van der Waals surface area (Å²) in [4.78, 5) is 27.0.